The van der Waals surface area contributed by atoms with Crippen LogP contribution in [-0.2, 0) is 9.47 Å². The molecule has 1 aromatic rings. The average molecular weight is 341 g/mol. The number of piperidine rings is 1. The van der Waals surface area contributed by atoms with Gasteiger partial charge in [-0.15, -0.1) is 0 Å². The molecule has 11 heteroatoms. The number of rotatable bonds is 3. The molecule has 11 nitrogen and oxygen atoms in total. The summed E-state index contributed by atoms with van der Waals surface area (Å²) >= 11 is 0. The van der Waals surface area contributed by atoms with Crippen LogP contribution in [0.2, 0.25) is 0 Å². The molecule has 2 rings (SSSR count). The number of aliphatic hydroxyl groups excluding tert-OH is 1. The molecule has 0 bridgehead atoms. The Balaban J connectivity index is 2.34. The van der Waals surface area contributed by atoms with E-state index in [1.807, 2.05) is 4.90 Å². The predicted molar refractivity (Wildman–Crippen MR) is 82.7 cm³/mol. The maximum atomic E-state index is 12.2. The van der Waals surface area contributed by atoms with E-state index in [4.69, 9.17) is 0 Å². The van der Waals surface area contributed by atoms with Crippen LogP contribution in [0.5, 0.6) is 0 Å². The number of hydrogen-bond acceptors (Lipinski definition) is 8. The Labute approximate surface area is 137 Å². The Morgan fingerprint density at radius 2 is 1.88 bits per heavy atom. The van der Waals surface area contributed by atoms with Crippen molar-refractivity contribution in [1.29, 1.82) is 0 Å². The van der Waals surface area contributed by atoms with Gasteiger partial charge in [0, 0.05) is 13.1 Å². The molecular weight excluding hydrogens is 322 g/mol. The summed E-state index contributed by atoms with van der Waals surface area (Å²) in [4.78, 5) is 28.7. The lowest BCUT2D eigenvalue weighted by atomic mass is 10.1. The molecular formula is C13H19N5O6. The SMILES string of the molecule is COC(=O)Nc1cc(N2CCC(O)CC2)nc(NC(=O)OC)[n+]1[O-]. The molecule has 1 aliphatic heterocycles. The minimum Gasteiger partial charge on any atom is -0.754 e. The quantitative estimate of drug-likeness (QED) is 0.517. The van der Waals surface area contributed by atoms with Gasteiger partial charge < -0.3 is 24.7 Å². The van der Waals surface area contributed by atoms with Crippen LogP contribution in [0.15, 0.2) is 6.07 Å². The zero-order valence-corrected chi connectivity index (χ0v) is 13.3. The van der Waals surface area contributed by atoms with Crippen molar-refractivity contribution >= 4 is 29.8 Å². The number of methoxy groups -OCH3 is 2. The molecule has 0 saturated carbocycles. The van der Waals surface area contributed by atoms with Gasteiger partial charge in [0.05, 0.1) is 26.4 Å². The lowest BCUT2D eigenvalue weighted by molar-refractivity contribution is -0.577. The summed E-state index contributed by atoms with van der Waals surface area (Å²) in [6, 6.07) is 1.37. The second kappa shape index (κ2) is 7.64. The number of nitrogens with zero attached hydrogens (tertiary/aromatic N) is 3. The summed E-state index contributed by atoms with van der Waals surface area (Å²) < 4.78 is 9.17. The Hall–Kier alpha value is -2.82. The van der Waals surface area contributed by atoms with Crippen LogP contribution in [0, 0.1) is 5.21 Å². The van der Waals surface area contributed by atoms with E-state index >= 15 is 0 Å². The molecule has 0 aliphatic carbocycles. The standard InChI is InChI=1S/C13H19N5O6/c1-23-12(20)15-10-7-9(17-5-3-8(19)4-6-17)14-11(18(10)22)16-13(21)24-2/h7-8,19H,3-6H2,1-2H3,(H,15,20)(H,14,16,21). The smallest absolute Gasteiger partial charge is 0.460 e. The minimum atomic E-state index is -0.873. The maximum Gasteiger partial charge on any atom is 0.460 e. The fourth-order valence-corrected chi connectivity index (χ4v) is 2.20. The first-order valence-corrected chi connectivity index (χ1v) is 7.22. The highest BCUT2D eigenvalue weighted by molar-refractivity contribution is 5.84. The number of anilines is 3. The van der Waals surface area contributed by atoms with Crippen molar-refractivity contribution in [2.75, 3.05) is 42.8 Å². The van der Waals surface area contributed by atoms with E-state index in [1.54, 1.807) is 0 Å². The zero-order chi connectivity index (χ0) is 17.7. The van der Waals surface area contributed by atoms with E-state index in [0.717, 1.165) is 14.2 Å². The van der Waals surface area contributed by atoms with Gasteiger partial charge in [-0.1, -0.05) is 4.98 Å². The highest BCUT2D eigenvalue weighted by Crippen LogP contribution is 2.21. The number of carbonyl (C=O) groups excluding carboxylic acids is 2. The van der Waals surface area contributed by atoms with Gasteiger partial charge in [-0.25, -0.2) is 19.6 Å². The van der Waals surface area contributed by atoms with Gasteiger partial charge in [0.1, 0.15) is 0 Å². The second-order valence-corrected chi connectivity index (χ2v) is 5.07. The maximum absolute atomic E-state index is 12.2. The normalized spacial score (nSPS) is 14.9. The molecule has 0 radical (unpaired) electrons. The molecule has 0 atom stereocenters. The number of aliphatic hydroxyl groups is 1. The first kappa shape index (κ1) is 17.5. The molecule has 24 heavy (non-hydrogen) atoms. The Morgan fingerprint density at radius 1 is 1.29 bits per heavy atom. The van der Waals surface area contributed by atoms with E-state index in [1.165, 1.54) is 6.07 Å². The van der Waals surface area contributed by atoms with E-state index < -0.39 is 12.2 Å². The third-order valence-electron chi connectivity index (χ3n) is 3.50. The molecule has 0 unspecified atom stereocenters. The van der Waals surface area contributed by atoms with Crippen LogP contribution < -0.4 is 20.3 Å². The van der Waals surface area contributed by atoms with Gasteiger partial charge in [0.15, 0.2) is 5.82 Å². The molecule has 132 valence electrons. The summed E-state index contributed by atoms with van der Waals surface area (Å²) in [5, 5.41) is 26.2. The molecule has 0 spiro atoms. The van der Waals surface area contributed by atoms with Gasteiger partial charge in [0.25, 0.3) is 0 Å². The highest BCUT2D eigenvalue weighted by Gasteiger charge is 2.24. The van der Waals surface area contributed by atoms with Crippen LogP contribution >= 0.6 is 0 Å². The largest absolute Gasteiger partial charge is 0.754 e. The monoisotopic (exact) mass is 341 g/mol. The van der Waals surface area contributed by atoms with Crippen molar-refractivity contribution in [2.45, 2.75) is 18.9 Å². The topological polar surface area (TPSA) is 140 Å². The van der Waals surface area contributed by atoms with Crippen molar-refractivity contribution in [3.8, 4) is 0 Å². The van der Waals surface area contributed by atoms with Crippen LogP contribution in [-0.4, -0.2) is 55.7 Å². The van der Waals surface area contributed by atoms with Gasteiger partial charge >= 0.3 is 18.1 Å². The number of aromatic nitrogens is 2. The third kappa shape index (κ3) is 4.13. The molecule has 0 aromatic carbocycles. The van der Waals surface area contributed by atoms with Gasteiger partial charge in [-0.2, -0.15) is 5.32 Å². The molecule has 1 fully saturated rings. The van der Waals surface area contributed by atoms with E-state index in [0.29, 0.717) is 31.7 Å². The minimum absolute atomic E-state index is 0.163. The summed E-state index contributed by atoms with van der Waals surface area (Å²) in [7, 11) is 2.31. The molecule has 2 amide bonds. The van der Waals surface area contributed by atoms with Crippen LogP contribution in [0.3, 0.4) is 0 Å². The van der Waals surface area contributed by atoms with Crippen LogP contribution in [0.4, 0.5) is 27.2 Å². The van der Waals surface area contributed by atoms with E-state index in [-0.39, 0.29) is 22.6 Å². The first-order valence-electron chi connectivity index (χ1n) is 7.22. The number of ether oxygens (including phenoxy) is 2. The van der Waals surface area contributed by atoms with Crippen molar-refractivity contribution in [3.63, 3.8) is 0 Å². The molecule has 1 saturated heterocycles. The molecule has 3 N–H and O–H groups in total. The summed E-state index contributed by atoms with van der Waals surface area (Å²) in [5.41, 5.74) is 0. The first-order chi connectivity index (χ1) is 11.4. The predicted octanol–water partition coefficient (Wildman–Crippen LogP) is 0.0327. The zero-order valence-electron chi connectivity index (χ0n) is 13.3. The number of amides is 2. The highest BCUT2D eigenvalue weighted by atomic mass is 16.5. The van der Waals surface area contributed by atoms with Gasteiger partial charge in [-0.3, -0.25) is 0 Å². The lowest BCUT2D eigenvalue weighted by Crippen LogP contribution is -2.41. The van der Waals surface area contributed by atoms with Crippen LogP contribution in [0.25, 0.3) is 0 Å². The van der Waals surface area contributed by atoms with Gasteiger partial charge in [0.2, 0.25) is 5.82 Å². The van der Waals surface area contributed by atoms with E-state index in [2.05, 4.69) is 25.1 Å². The molecule has 2 heterocycles. The number of carbonyl (C=O) groups is 2. The van der Waals surface area contributed by atoms with Crippen molar-refractivity contribution in [3.05, 3.63) is 11.3 Å². The van der Waals surface area contributed by atoms with Crippen molar-refractivity contribution in [1.82, 2.24) is 4.98 Å². The summed E-state index contributed by atoms with van der Waals surface area (Å²) in [6.45, 7) is 1.04. The number of hydrogen-bond donors (Lipinski definition) is 3. The summed E-state index contributed by atoms with van der Waals surface area (Å²) in [6.07, 6.45) is -0.993. The lowest BCUT2D eigenvalue weighted by Gasteiger charge is -2.30. The van der Waals surface area contributed by atoms with Gasteiger partial charge in [-0.05, 0) is 12.8 Å². The fraction of sp³-hybridized carbons (Fsp3) is 0.538. The van der Waals surface area contributed by atoms with Crippen LogP contribution in [0.1, 0.15) is 12.8 Å². The Bertz CT molecular complexity index is 578. The third-order valence-corrected chi connectivity index (χ3v) is 3.50. The Morgan fingerprint density at radius 3 is 2.46 bits per heavy atom. The van der Waals surface area contributed by atoms with E-state index in [9.17, 15) is 19.9 Å². The van der Waals surface area contributed by atoms with Crippen molar-refractivity contribution in [2.24, 2.45) is 0 Å². The Kier molecular flexibility index (Phi) is 5.58. The summed E-state index contributed by atoms with van der Waals surface area (Å²) in [5.74, 6) is -0.145. The second-order valence-electron chi connectivity index (χ2n) is 5.07. The molecule has 1 aliphatic rings. The number of nitrogens with one attached hydrogen (secondary N) is 2. The average Bonchev–Trinajstić information content (AvgIpc) is 2.58. The molecule has 1 aromatic heterocycles. The fourth-order valence-electron chi connectivity index (χ4n) is 2.20. The van der Waals surface area contributed by atoms with Crippen molar-refractivity contribution < 1.29 is 28.9 Å².